The number of fused-ring (bicyclic) bond motifs is 4. The van der Waals surface area contributed by atoms with Crippen molar-refractivity contribution in [2.45, 2.75) is 13.8 Å². The third-order valence-electron chi connectivity index (χ3n) is 5.63. The van der Waals surface area contributed by atoms with Crippen molar-refractivity contribution in [1.82, 2.24) is 0 Å². The molecule has 0 nitrogen and oxygen atoms in total. The first-order valence-corrected chi connectivity index (χ1v) is 9.14. The lowest BCUT2D eigenvalue weighted by Gasteiger charge is -2.17. The highest BCUT2D eigenvalue weighted by molar-refractivity contribution is 6.22. The fraction of sp³-hybridized carbons (Fsp3) is 0.0769. The molecule has 0 spiro atoms. The topological polar surface area (TPSA) is 0 Å². The van der Waals surface area contributed by atoms with E-state index in [2.05, 4.69) is 98.8 Å². The fourth-order valence-electron chi connectivity index (χ4n) is 4.14. The Hall–Kier alpha value is -3.12. The molecule has 0 heterocycles. The molecule has 0 radical (unpaired) electrons. The highest BCUT2D eigenvalue weighted by atomic mass is 14.2. The third-order valence-corrected chi connectivity index (χ3v) is 5.63. The summed E-state index contributed by atoms with van der Waals surface area (Å²) in [7, 11) is 0. The maximum Gasteiger partial charge on any atom is -0.00178 e. The van der Waals surface area contributed by atoms with Gasteiger partial charge < -0.3 is 0 Å². The average Bonchev–Trinajstić information content (AvgIpc) is 2.68. The first-order valence-electron chi connectivity index (χ1n) is 9.14. The van der Waals surface area contributed by atoms with Crippen LogP contribution in [0.1, 0.15) is 11.1 Å². The highest BCUT2D eigenvalue weighted by Gasteiger charge is 2.14. The summed E-state index contributed by atoms with van der Waals surface area (Å²) in [6.45, 7) is 4.44. The molecule has 5 rings (SSSR count). The summed E-state index contributed by atoms with van der Waals surface area (Å²) < 4.78 is 0. The van der Waals surface area contributed by atoms with Crippen LogP contribution in [-0.4, -0.2) is 0 Å². The number of rotatable bonds is 1. The molecular weight excluding hydrogens is 312 g/mol. The molecular formula is C26H20. The summed E-state index contributed by atoms with van der Waals surface area (Å²) in [4.78, 5) is 0. The van der Waals surface area contributed by atoms with Crippen molar-refractivity contribution in [3.8, 4) is 11.1 Å². The second-order valence-electron chi connectivity index (χ2n) is 7.10. The summed E-state index contributed by atoms with van der Waals surface area (Å²) in [6, 6.07) is 30.9. The molecule has 5 aromatic carbocycles. The maximum atomic E-state index is 2.33. The Balaban J connectivity index is 2.10. The summed E-state index contributed by atoms with van der Waals surface area (Å²) >= 11 is 0. The van der Waals surface area contributed by atoms with Crippen molar-refractivity contribution in [3.63, 3.8) is 0 Å². The molecule has 124 valence electrons. The standard InChI is InChI=1S/C26H20/c1-17-8-7-13-22(18(17)2)26-24-12-6-4-10-20(24)16-21-15-14-19-9-3-5-11-23(19)25(21)26/h3-16H,1-2H3. The number of hydrogen-bond donors (Lipinski definition) is 0. The fourth-order valence-corrected chi connectivity index (χ4v) is 4.14. The zero-order chi connectivity index (χ0) is 17.7. The minimum Gasteiger partial charge on any atom is -0.0616 e. The van der Waals surface area contributed by atoms with E-state index in [1.54, 1.807) is 0 Å². The number of benzene rings is 5. The van der Waals surface area contributed by atoms with Gasteiger partial charge in [-0.25, -0.2) is 0 Å². The van der Waals surface area contributed by atoms with Gasteiger partial charge in [-0.1, -0.05) is 78.9 Å². The molecule has 0 aliphatic heterocycles. The van der Waals surface area contributed by atoms with E-state index < -0.39 is 0 Å². The normalized spacial score (nSPS) is 11.5. The Morgan fingerprint density at radius 1 is 0.538 bits per heavy atom. The van der Waals surface area contributed by atoms with Crippen LogP contribution in [0, 0.1) is 13.8 Å². The molecule has 26 heavy (non-hydrogen) atoms. The first-order chi connectivity index (χ1) is 12.7. The van der Waals surface area contributed by atoms with Gasteiger partial charge in [-0.15, -0.1) is 0 Å². The molecule has 0 aliphatic carbocycles. The molecule has 0 atom stereocenters. The molecule has 0 fully saturated rings. The Bertz CT molecular complexity index is 1290. The van der Waals surface area contributed by atoms with E-state index in [-0.39, 0.29) is 0 Å². The Morgan fingerprint density at radius 3 is 2.08 bits per heavy atom. The van der Waals surface area contributed by atoms with Gasteiger partial charge >= 0.3 is 0 Å². The lowest BCUT2D eigenvalue weighted by molar-refractivity contribution is 1.35. The van der Waals surface area contributed by atoms with Gasteiger partial charge in [0.1, 0.15) is 0 Å². The molecule has 0 heteroatoms. The Kier molecular flexibility index (Phi) is 3.33. The van der Waals surface area contributed by atoms with Crippen LogP contribution in [0.2, 0.25) is 0 Å². The van der Waals surface area contributed by atoms with E-state index in [1.165, 1.54) is 54.6 Å². The van der Waals surface area contributed by atoms with Crippen LogP contribution >= 0.6 is 0 Å². The van der Waals surface area contributed by atoms with E-state index in [9.17, 15) is 0 Å². The van der Waals surface area contributed by atoms with E-state index in [0.29, 0.717) is 0 Å². The smallest absolute Gasteiger partial charge is 0.00178 e. The summed E-state index contributed by atoms with van der Waals surface area (Å²) in [5.74, 6) is 0. The predicted molar refractivity (Wildman–Crippen MR) is 114 cm³/mol. The van der Waals surface area contributed by atoms with Crippen molar-refractivity contribution in [2.75, 3.05) is 0 Å². The van der Waals surface area contributed by atoms with Gasteiger partial charge in [-0.3, -0.25) is 0 Å². The second-order valence-corrected chi connectivity index (χ2v) is 7.10. The van der Waals surface area contributed by atoms with Gasteiger partial charge in [-0.05, 0) is 74.5 Å². The summed E-state index contributed by atoms with van der Waals surface area (Å²) in [6.07, 6.45) is 0. The van der Waals surface area contributed by atoms with Gasteiger partial charge in [-0.2, -0.15) is 0 Å². The van der Waals surface area contributed by atoms with E-state index >= 15 is 0 Å². The minimum atomic E-state index is 1.29. The Morgan fingerprint density at radius 2 is 1.23 bits per heavy atom. The minimum absolute atomic E-state index is 1.29. The first kappa shape index (κ1) is 15.2. The van der Waals surface area contributed by atoms with Crippen LogP contribution in [0.3, 0.4) is 0 Å². The molecule has 0 saturated carbocycles. The maximum absolute atomic E-state index is 2.33. The van der Waals surface area contributed by atoms with Crippen LogP contribution < -0.4 is 0 Å². The molecule has 0 amide bonds. The van der Waals surface area contributed by atoms with Crippen molar-refractivity contribution < 1.29 is 0 Å². The van der Waals surface area contributed by atoms with Gasteiger partial charge in [0.2, 0.25) is 0 Å². The number of hydrogen-bond acceptors (Lipinski definition) is 0. The van der Waals surface area contributed by atoms with Crippen LogP contribution in [0.4, 0.5) is 0 Å². The quantitative estimate of drug-likeness (QED) is 0.221. The second kappa shape index (κ2) is 5.71. The van der Waals surface area contributed by atoms with Crippen LogP contribution in [0.5, 0.6) is 0 Å². The molecule has 0 aromatic heterocycles. The van der Waals surface area contributed by atoms with E-state index in [1.807, 2.05) is 0 Å². The SMILES string of the molecule is Cc1cccc(-c2c3ccccc3cc3ccc4ccccc4c23)c1C. The average molecular weight is 332 g/mol. The van der Waals surface area contributed by atoms with Crippen LogP contribution in [-0.2, 0) is 0 Å². The summed E-state index contributed by atoms with van der Waals surface area (Å²) in [5, 5.41) is 7.90. The number of aryl methyl sites for hydroxylation is 1. The van der Waals surface area contributed by atoms with Crippen molar-refractivity contribution in [3.05, 3.63) is 96.1 Å². The molecule has 5 aromatic rings. The molecule has 0 unspecified atom stereocenters. The van der Waals surface area contributed by atoms with Gasteiger partial charge in [0.15, 0.2) is 0 Å². The van der Waals surface area contributed by atoms with Gasteiger partial charge in [0.05, 0.1) is 0 Å². The van der Waals surface area contributed by atoms with Crippen molar-refractivity contribution >= 4 is 32.3 Å². The van der Waals surface area contributed by atoms with Crippen molar-refractivity contribution in [2.24, 2.45) is 0 Å². The largest absolute Gasteiger partial charge is 0.0616 e. The van der Waals surface area contributed by atoms with Gasteiger partial charge in [0.25, 0.3) is 0 Å². The van der Waals surface area contributed by atoms with E-state index in [0.717, 1.165) is 0 Å². The van der Waals surface area contributed by atoms with E-state index in [4.69, 9.17) is 0 Å². The van der Waals surface area contributed by atoms with Crippen LogP contribution in [0.25, 0.3) is 43.4 Å². The lowest BCUT2D eigenvalue weighted by atomic mass is 9.87. The lowest BCUT2D eigenvalue weighted by Crippen LogP contribution is -1.91. The molecule has 0 aliphatic rings. The zero-order valence-corrected chi connectivity index (χ0v) is 15.1. The predicted octanol–water partition coefficient (Wildman–Crippen LogP) is 7.43. The Labute approximate surface area is 153 Å². The van der Waals surface area contributed by atoms with Crippen LogP contribution in [0.15, 0.2) is 84.9 Å². The highest BCUT2D eigenvalue weighted by Crippen LogP contribution is 2.41. The molecule has 0 bridgehead atoms. The zero-order valence-electron chi connectivity index (χ0n) is 15.1. The van der Waals surface area contributed by atoms with Gasteiger partial charge in [0, 0.05) is 0 Å². The monoisotopic (exact) mass is 332 g/mol. The summed E-state index contributed by atoms with van der Waals surface area (Å²) in [5.41, 5.74) is 5.39. The molecule has 0 saturated heterocycles. The molecule has 0 N–H and O–H groups in total. The third kappa shape index (κ3) is 2.16. The van der Waals surface area contributed by atoms with Crippen molar-refractivity contribution in [1.29, 1.82) is 0 Å².